The van der Waals surface area contributed by atoms with Gasteiger partial charge in [0.1, 0.15) is 5.82 Å². The summed E-state index contributed by atoms with van der Waals surface area (Å²) >= 11 is 7.45. The minimum atomic E-state index is -0.949. The number of hydrogen-bond acceptors (Lipinski definition) is 5. The minimum absolute atomic E-state index is 0.244. The van der Waals surface area contributed by atoms with Crippen LogP contribution in [-0.2, 0) is 6.42 Å². The van der Waals surface area contributed by atoms with Crippen molar-refractivity contribution in [3.8, 4) is 10.7 Å². The number of hydrogen-bond donors (Lipinski definition) is 2. The Morgan fingerprint density at radius 2 is 1.92 bits per heavy atom. The molecule has 0 unspecified atom stereocenters. The van der Waals surface area contributed by atoms with Crippen LogP contribution in [0.1, 0.15) is 28.5 Å². The van der Waals surface area contributed by atoms with Gasteiger partial charge in [0.2, 0.25) is 0 Å². The van der Waals surface area contributed by atoms with Crippen LogP contribution in [-0.4, -0.2) is 21.0 Å². The zero-order valence-electron chi connectivity index (χ0n) is 13.7. The maximum atomic E-state index is 11.0. The van der Waals surface area contributed by atoms with Crippen molar-refractivity contribution in [2.24, 2.45) is 0 Å². The number of aryl methyl sites for hydroxylation is 1. The zero-order chi connectivity index (χ0) is 18.0. The van der Waals surface area contributed by atoms with Gasteiger partial charge in [-0.2, -0.15) is 0 Å². The SMILES string of the molecule is CCc1c(C)nc(-c2ccc(Cl)s2)nc1Nc1ccc(C(=O)O)cc1. The van der Waals surface area contributed by atoms with Crippen molar-refractivity contribution in [3.63, 3.8) is 0 Å². The summed E-state index contributed by atoms with van der Waals surface area (Å²) in [4.78, 5) is 21.1. The lowest BCUT2D eigenvalue weighted by Crippen LogP contribution is -2.05. The van der Waals surface area contributed by atoms with Crippen LogP contribution >= 0.6 is 22.9 Å². The number of nitrogens with one attached hydrogen (secondary N) is 1. The van der Waals surface area contributed by atoms with Crippen LogP contribution < -0.4 is 5.32 Å². The molecule has 0 radical (unpaired) electrons. The highest BCUT2D eigenvalue weighted by Gasteiger charge is 2.13. The van der Waals surface area contributed by atoms with Crippen molar-refractivity contribution in [1.29, 1.82) is 0 Å². The van der Waals surface area contributed by atoms with E-state index in [1.54, 1.807) is 24.3 Å². The second-order valence-corrected chi connectivity index (χ2v) is 7.14. The lowest BCUT2D eigenvalue weighted by atomic mass is 10.1. The normalized spacial score (nSPS) is 10.7. The highest BCUT2D eigenvalue weighted by molar-refractivity contribution is 7.19. The molecule has 0 fully saturated rings. The van der Waals surface area contributed by atoms with Crippen LogP contribution in [0.3, 0.4) is 0 Å². The fourth-order valence-corrected chi connectivity index (χ4v) is 3.48. The summed E-state index contributed by atoms with van der Waals surface area (Å²) in [7, 11) is 0. The van der Waals surface area contributed by atoms with E-state index >= 15 is 0 Å². The maximum Gasteiger partial charge on any atom is 0.335 e. The molecule has 0 saturated carbocycles. The standard InChI is InChI=1S/C18H16ClN3O2S/c1-3-13-10(2)20-17(14-8-9-15(19)25-14)22-16(13)21-12-6-4-11(5-7-12)18(23)24/h4-9H,3H2,1-2H3,(H,23,24)(H,20,21,22). The molecule has 0 spiro atoms. The molecule has 25 heavy (non-hydrogen) atoms. The Morgan fingerprint density at radius 1 is 1.20 bits per heavy atom. The van der Waals surface area contributed by atoms with Crippen molar-refractivity contribution < 1.29 is 9.90 Å². The van der Waals surface area contributed by atoms with Gasteiger partial charge in [0.05, 0.1) is 14.8 Å². The Labute approximate surface area is 154 Å². The van der Waals surface area contributed by atoms with Crippen molar-refractivity contribution >= 4 is 40.4 Å². The Kier molecular flexibility index (Phi) is 5.01. The monoisotopic (exact) mass is 373 g/mol. The summed E-state index contributed by atoms with van der Waals surface area (Å²) in [6.45, 7) is 4.00. The third kappa shape index (κ3) is 3.81. The number of aromatic nitrogens is 2. The predicted octanol–water partition coefficient (Wildman–Crippen LogP) is 5.17. The summed E-state index contributed by atoms with van der Waals surface area (Å²) in [6.07, 6.45) is 0.785. The molecule has 3 rings (SSSR count). The molecular weight excluding hydrogens is 358 g/mol. The number of carboxylic acids is 1. The second kappa shape index (κ2) is 7.21. The van der Waals surface area contributed by atoms with E-state index in [1.807, 2.05) is 26.0 Å². The highest BCUT2D eigenvalue weighted by Crippen LogP contribution is 2.31. The fourth-order valence-electron chi connectivity index (χ4n) is 2.50. The summed E-state index contributed by atoms with van der Waals surface area (Å²) in [6, 6.07) is 10.3. The van der Waals surface area contributed by atoms with Gasteiger partial charge in [0.25, 0.3) is 0 Å². The van der Waals surface area contributed by atoms with Crippen LogP contribution in [0.5, 0.6) is 0 Å². The van der Waals surface area contributed by atoms with Gasteiger partial charge < -0.3 is 10.4 Å². The molecule has 1 aromatic carbocycles. The third-order valence-corrected chi connectivity index (χ3v) is 4.98. The predicted molar refractivity (Wildman–Crippen MR) is 101 cm³/mol. The number of rotatable bonds is 5. The molecule has 3 aromatic rings. The molecule has 0 saturated heterocycles. The van der Waals surface area contributed by atoms with Crippen LogP contribution in [0, 0.1) is 6.92 Å². The molecule has 0 aliphatic carbocycles. The van der Waals surface area contributed by atoms with Crippen LogP contribution in [0.2, 0.25) is 4.34 Å². The largest absolute Gasteiger partial charge is 0.478 e. The summed E-state index contributed by atoms with van der Waals surface area (Å²) in [5, 5.41) is 12.3. The molecule has 128 valence electrons. The van der Waals surface area contributed by atoms with Gasteiger partial charge in [-0.05, 0) is 49.7 Å². The summed E-state index contributed by atoms with van der Waals surface area (Å²) < 4.78 is 0.689. The first-order valence-electron chi connectivity index (χ1n) is 7.71. The van der Waals surface area contributed by atoms with E-state index in [1.165, 1.54) is 11.3 Å². The quantitative estimate of drug-likeness (QED) is 0.645. The topological polar surface area (TPSA) is 75.1 Å². The van der Waals surface area contributed by atoms with Gasteiger partial charge in [-0.3, -0.25) is 0 Å². The lowest BCUT2D eigenvalue weighted by molar-refractivity contribution is 0.0697. The smallest absolute Gasteiger partial charge is 0.335 e. The van der Waals surface area contributed by atoms with E-state index in [0.29, 0.717) is 10.2 Å². The molecule has 0 atom stereocenters. The number of aromatic carboxylic acids is 1. The molecule has 0 amide bonds. The molecular formula is C18H16ClN3O2S. The molecule has 0 aliphatic heterocycles. The lowest BCUT2D eigenvalue weighted by Gasteiger charge is -2.13. The van der Waals surface area contributed by atoms with Gasteiger partial charge in [-0.1, -0.05) is 18.5 Å². The van der Waals surface area contributed by atoms with Gasteiger partial charge >= 0.3 is 5.97 Å². The Morgan fingerprint density at radius 3 is 2.48 bits per heavy atom. The first kappa shape index (κ1) is 17.4. The highest BCUT2D eigenvalue weighted by atomic mass is 35.5. The maximum absolute atomic E-state index is 11.0. The van der Waals surface area contributed by atoms with Crippen molar-refractivity contribution in [3.05, 3.63) is 57.6 Å². The number of carboxylic acid groups (broad SMARTS) is 1. The number of benzene rings is 1. The number of nitrogens with zero attached hydrogens (tertiary/aromatic N) is 2. The minimum Gasteiger partial charge on any atom is -0.478 e. The molecule has 7 heteroatoms. The number of thiophene rings is 1. The zero-order valence-corrected chi connectivity index (χ0v) is 15.3. The molecule has 2 heterocycles. The summed E-state index contributed by atoms with van der Waals surface area (Å²) in [5.41, 5.74) is 2.94. The van der Waals surface area contributed by atoms with E-state index in [4.69, 9.17) is 16.7 Å². The molecule has 5 nitrogen and oxygen atoms in total. The third-order valence-electron chi connectivity index (χ3n) is 3.76. The number of carbonyl (C=O) groups is 1. The van der Waals surface area contributed by atoms with Gasteiger partial charge in [-0.15, -0.1) is 11.3 Å². The van der Waals surface area contributed by atoms with E-state index in [9.17, 15) is 4.79 Å². The van der Waals surface area contributed by atoms with E-state index < -0.39 is 5.97 Å². The molecule has 2 N–H and O–H groups in total. The van der Waals surface area contributed by atoms with Crippen molar-refractivity contribution in [1.82, 2.24) is 9.97 Å². The van der Waals surface area contributed by atoms with Crippen molar-refractivity contribution in [2.45, 2.75) is 20.3 Å². The van der Waals surface area contributed by atoms with E-state index in [0.717, 1.165) is 34.1 Å². The molecule has 0 aliphatic rings. The first-order valence-corrected chi connectivity index (χ1v) is 8.91. The van der Waals surface area contributed by atoms with Crippen LogP contribution in [0.15, 0.2) is 36.4 Å². The molecule has 0 bridgehead atoms. The van der Waals surface area contributed by atoms with Gasteiger partial charge in [-0.25, -0.2) is 14.8 Å². The van der Waals surface area contributed by atoms with Gasteiger partial charge in [0, 0.05) is 16.9 Å². The van der Waals surface area contributed by atoms with Crippen LogP contribution in [0.25, 0.3) is 10.7 Å². The first-order chi connectivity index (χ1) is 12.0. The molecule has 2 aromatic heterocycles. The fraction of sp³-hybridized carbons (Fsp3) is 0.167. The average Bonchev–Trinajstić information content (AvgIpc) is 3.01. The summed E-state index contributed by atoms with van der Waals surface area (Å²) in [5.74, 6) is 0.393. The van der Waals surface area contributed by atoms with Crippen LogP contribution in [0.4, 0.5) is 11.5 Å². The number of halogens is 1. The van der Waals surface area contributed by atoms with E-state index in [-0.39, 0.29) is 5.56 Å². The van der Waals surface area contributed by atoms with Gasteiger partial charge in [0.15, 0.2) is 5.82 Å². The number of anilines is 2. The Balaban J connectivity index is 1.98. The Bertz CT molecular complexity index is 923. The van der Waals surface area contributed by atoms with Crippen molar-refractivity contribution in [2.75, 3.05) is 5.32 Å². The average molecular weight is 374 g/mol. The second-order valence-electron chi connectivity index (χ2n) is 5.42. The Hall–Kier alpha value is -2.44. The van der Waals surface area contributed by atoms with E-state index in [2.05, 4.69) is 15.3 Å².